The SMILES string of the molecule is Cc1cccc(N2CCCC2)c1-c1ccc(N2CCCC2)cc1. The molecule has 2 aliphatic heterocycles. The third-order valence-corrected chi connectivity index (χ3v) is 5.32. The summed E-state index contributed by atoms with van der Waals surface area (Å²) in [7, 11) is 0. The summed E-state index contributed by atoms with van der Waals surface area (Å²) in [6.45, 7) is 7.05. The molecule has 2 fully saturated rings. The summed E-state index contributed by atoms with van der Waals surface area (Å²) < 4.78 is 0. The Labute approximate surface area is 139 Å². The zero-order chi connectivity index (χ0) is 15.6. The highest BCUT2D eigenvalue weighted by molar-refractivity contribution is 5.82. The van der Waals surface area contributed by atoms with Crippen molar-refractivity contribution in [1.82, 2.24) is 0 Å². The Morgan fingerprint density at radius 3 is 1.96 bits per heavy atom. The van der Waals surface area contributed by atoms with Crippen molar-refractivity contribution in [2.45, 2.75) is 32.6 Å². The van der Waals surface area contributed by atoms with E-state index in [9.17, 15) is 0 Å². The monoisotopic (exact) mass is 306 g/mol. The minimum absolute atomic E-state index is 1.20. The first kappa shape index (κ1) is 14.6. The molecule has 0 bridgehead atoms. The molecule has 120 valence electrons. The van der Waals surface area contributed by atoms with Crippen LogP contribution >= 0.6 is 0 Å². The molecular weight excluding hydrogens is 280 g/mol. The van der Waals surface area contributed by atoms with Crippen LogP contribution in [0.15, 0.2) is 42.5 Å². The van der Waals surface area contributed by atoms with Gasteiger partial charge in [-0.3, -0.25) is 0 Å². The van der Waals surface area contributed by atoms with Crippen LogP contribution in [0, 0.1) is 6.92 Å². The minimum atomic E-state index is 1.20. The van der Waals surface area contributed by atoms with E-state index in [1.807, 2.05) is 0 Å². The number of hydrogen-bond acceptors (Lipinski definition) is 2. The summed E-state index contributed by atoms with van der Waals surface area (Å²) in [5.41, 5.74) is 6.94. The lowest BCUT2D eigenvalue weighted by molar-refractivity contribution is 0.949. The number of rotatable bonds is 3. The van der Waals surface area contributed by atoms with Gasteiger partial charge in [0.1, 0.15) is 0 Å². The van der Waals surface area contributed by atoms with Gasteiger partial charge in [-0.15, -0.1) is 0 Å². The molecule has 2 aromatic carbocycles. The topological polar surface area (TPSA) is 6.48 Å². The Kier molecular flexibility index (Phi) is 3.99. The van der Waals surface area contributed by atoms with Crippen LogP contribution in [0.4, 0.5) is 11.4 Å². The number of anilines is 2. The molecule has 0 unspecified atom stereocenters. The highest BCUT2D eigenvalue weighted by atomic mass is 15.1. The third kappa shape index (κ3) is 2.83. The second-order valence-electron chi connectivity index (χ2n) is 6.90. The maximum absolute atomic E-state index is 2.55. The van der Waals surface area contributed by atoms with Crippen molar-refractivity contribution in [2.24, 2.45) is 0 Å². The molecule has 0 N–H and O–H groups in total. The van der Waals surface area contributed by atoms with E-state index in [2.05, 4.69) is 59.2 Å². The number of benzene rings is 2. The average molecular weight is 306 g/mol. The van der Waals surface area contributed by atoms with E-state index in [1.165, 1.54) is 79.9 Å². The van der Waals surface area contributed by atoms with Crippen molar-refractivity contribution in [3.05, 3.63) is 48.0 Å². The molecule has 2 nitrogen and oxygen atoms in total. The van der Waals surface area contributed by atoms with Crippen molar-refractivity contribution >= 4 is 11.4 Å². The molecule has 0 aromatic heterocycles. The first-order chi connectivity index (χ1) is 11.3. The highest BCUT2D eigenvalue weighted by Crippen LogP contribution is 2.36. The van der Waals surface area contributed by atoms with Crippen LogP contribution in [0.25, 0.3) is 11.1 Å². The summed E-state index contributed by atoms with van der Waals surface area (Å²) in [5, 5.41) is 0. The lowest BCUT2D eigenvalue weighted by Crippen LogP contribution is -2.19. The molecule has 2 saturated heterocycles. The van der Waals surface area contributed by atoms with Crippen LogP contribution in [-0.2, 0) is 0 Å². The normalized spacial score (nSPS) is 18.0. The maximum atomic E-state index is 2.55. The number of nitrogens with zero attached hydrogens (tertiary/aromatic N) is 2. The quantitative estimate of drug-likeness (QED) is 0.799. The van der Waals surface area contributed by atoms with Crippen LogP contribution in [0.5, 0.6) is 0 Å². The van der Waals surface area contributed by atoms with Gasteiger partial charge in [0.05, 0.1) is 0 Å². The van der Waals surface area contributed by atoms with E-state index < -0.39 is 0 Å². The van der Waals surface area contributed by atoms with Crippen molar-refractivity contribution < 1.29 is 0 Å². The molecule has 0 amide bonds. The molecule has 0 atom stereocenters. The van der Waals surface area contributed by atoms with Gasteiger partial charge in [-0.1, -0.05) is 24.3 Å². The van der Waals surface area contributed by atoms with E-state index >= 15 is 0 Å². The van der Waals surface area contributed by atoms with Gasteiger partial charge in [0.2, 0.25) is 0 Å². The predicted octanol–water partition coefficient (Wildman–Crippen LogP) is 4.86. The van der Waals surface area contributed by atoms with Crippen LogP contribution in [0.3, 0.4) is 0 Å². The fourth-order valence-electron chi connectivity index (χ4n) is 4.06. The van der Waals surface area contributed by atoms with Crippen LogP contribution in [-0.4, -0.2) is 26.2 Å². The van der Waals surface area contributed by atoms with Gasteiger partial charge < -0.3 is 9.80 Å². The first-order valence-electron chi connectivity index (χ1n) is 9.03. The lowest BCUT2D eigenvalue weighted by atomic mass is 9.97. The van der Waals surface area contributed by atoms with E-state index in [-0.39, 0.29) is 0 Å². The molecule has 2 heteroatoms. The van der Waals surface area contributed by atoms with E-state index in [1.54, 1.807) is 0 Å². The van der Waals surface area contributed by atoms with Crippen molar-refractivity contribution in [2.75, 3.05) is 36.0 Å². The van der Waals surface area contributed by atoms with Crippen molar-refractivity contribution in [1.29, 1.82) is 0 Å². The smallest absolute Gasteiger partial charge is 0.0448 e. The highest BCUT2D eigenvalue weighted by Gasteiger charge is 2.18. The van der Waals surface area contributed by atoms with Gasteiger partial charge in [-0.25, -0.2) is 0 Å². The second kappa shape index (κ2) is 6.27. The second-order valence-corrected chi connectivity index (χ2v) is 6.90. The van der Waals surface area contributed by atoms with E-state index in [4.69, 9.17) is 0 Å². The number of aryl methyl sites for hydroxylation is 1. The molecule has 0 aliphatic carbocycles. The summed E-state index contributed by atoms with van der Waals surface area (Å²) in [6, 6.07) is 16.0. The molecule has 2 aromatic rings. The lowest BCUT2D eigenvalue weighted by Gasteiger charge is -2.24. The molecular formula is C21H26N2. The van der Waals surface area contributed by atoms with E-state index in [0.29, 0.717) is 0 Å². The Balaban J connectivity index is 1.69. The zero-order valence-electron chi connectivity index (χ0n) is 14.1. The third-order valence-electron chi connectivity index (χ3n) is 5.32. The molecule has 0 radical (unpaired) electrons. The number of hydrogen-bond donors (Lipinski definition) is 0. The Morgan fingerprint density at radius 1 is 0.696 bits per heavy atom. The fourth-order valence-corrected chi connectivity index (χ4v) is 4.06. The van der Waals surface area contributed by atoms with Gasteiger partial charge in [0.25, 0.3) is 0 Å². The van der Waals surface area contributed by atoms with Crippen molar-refractivity contribution in [3.8, 4) is 11.1 Å². The maximum Gasteiger partial charge on any atom is 0.0448 e. The molecule has 0 saturated carbocycles. The molecule has 2 heterocycles. The molecule has 2 aliphatic rings. The first-order valence-corrected chi connectivity index (χ1v) is 9.03. The molecule has 0 spiro atoms. The Morgan fingerprint density at radius 2 is 1.30 bits per heavy atom. The van der Waals surface area contributed by atoms with Crippen LogP contribution in [0.2, 0.25) is 0 Å². The Hall–Kier alpha value is -1.96. The molecule has 4 rings (SSSR count). The van der Waals surface area contributed by atoms with Gasteiger partial charge in [0, 0.05) is 43.1 Å². The predicted molar refractivity (Wildman–Crippen MR) is 99.5 cm³/mol. The summed E-state index contributed by atoms with van der Waals surface area (Å²) in [5.74, 6) is 0. The van der Waals surface area contributed by atoms with Crippen LogP contribution < -0.4 is 9.80 Å². The van der Waals surface area contributed by atoms with Gasteiger partial charge in [0.15, 0.2) is 0 Å². The Bertz CT molecular complexity index is 663. The summed E-state index contributed by atoms with van der Waals surface area (Å²) in [4.78, 5) is 5.06. The zero-order valence-corrected chi connectivity index (χ0v) is 14.1. The van der Waals surface area contributed by atoms with Crippen molar-refractivity contribution in [3.63, 3.8) is 0 Å². The van der Waals surface area contributed by atoms with E-state index in [0.717, 1.165) is 0 Å². The average Bonchev–Trinajstić information content (AvgIpc) is 3.29. The van der Waals surface area contributed by atoms with Crippen LogP contribution in [0.1, 0.15) is 31.2 Å². The molecule has 23 heavy (non-hydrogen) atoms. The minimum Gasteiger partial charge on any atom is -0.372 e. The van der Waals surface area contributed by atoms with Gasteiger partial charge >= 0.3 is 0 Å². The van der Waals surface area contributed by atoms with Gasteiger partial charge in [-0.05, 0) is 61.9 Å². The van der Waals surface area contributed by atoms with Gasteiger partial charge in [-0.2, -0.15) is 0 Å². The summed E-state index contributed by atoms with van der Waals surface area (Å²) >= 11 is 0. The summed E-state index contributed by atoms with van der Waals surface area (Å²) in [6.07, 6.45) is 5.31. The largest absolute Gasteiger partial charge is 0.372 e. The fraction of sp³-hybridized carbons (Fsp3) is 0.429. The standard InChI is InChI=1S/C21H26N2/c1-17-7-6-8-20(23-15-4-5-16-23)21(17)18-9-11-19(12-10-18)22-13-2-3-14-22/h6-12H,2-5,13-16H2,1H3.